The molecular weight excluding hydrogens is 256 g/mol. The molecular formula is C11H14N2O2S2. The molecule has 1 aliphatic heterocycles. The van der Waals surface area contributed by atoms with Crippen LogP contribution in [0.1, 0.15) is 6.92 Å². The van der Waals surface area contributed by atoms with E-state index in [-0.39, 0.29) is 5.25 Å². The van der Waals surface area contributed by atoms with Gasteiger partial charge in [-0.1, -0.05) is 12.1 Å². The summed E-state index contributed by atoms with van der Waals surface area (Å²) in [5, 5.41) is 0.0321. The molecule has 0 amide bonds. The summed E-state index contributed by atoms with van der Waals surface area (Å²) in [5.41, 5.74) is 0.998. The molecule has 1 aromatic carbocycles. The number of para-hydroxylation sites is 1. The summed E-state index contributed by atoms with van der Waals surface area (Å²) in [4.78, 5) is 2.99. The zero-order valence-electron chi connectivity index (χ0n) is 9.91. The van der Waals surface area contributed by atoms with Gasteiger partial charge in [-0.3, -0.25) is 0 Å². The van der Waals surface area contributed by atoms with Crippen LogP contribution in [-0.2, 0) is 10.0 Å². The number of hydrogen-bond acceptors (Lipinski definition) is 3. The lowest BCUT2D eigenvalue weighted by atomic mass is 10.2. The number of amidine groups is 1. The Balaban J connectivity index is 2.51. The fourth-order valence-electron chi connectivity index (χ4n) is 1.78. The smallest absolute Gasteiger partial charge is 0.251 e. The van der Waals surface area contributed by atoms with Crippen molar-refractivity contribution in [3.8, 4) is 0 Å². The number of rotatable bonds is 1. The van der Waals surface area contributed by atoms with Gasteiger partial charge in [-0.2, -0.15) is 0 Å². The average molecular weight is 270 g/mol. The molecule has 6 heteroatoms. The van der Waals surface area contributed by atoms with Crippen molar-refractivity contribution in [2.75, 3.05) is 18.2 Å². The maximum atomic E-state index is 11.3. The number of nitrogens with zero attached hydrogens (tertiary/aromatic N) is 2. The molecule has 0 aromatic heterocycles. The van der Waals surface area contributed by atoms with Gasteiger partial charge in [0.2, 0.25) is 0 Å². The zero-order chi connectivity index (χ0) is 12.6. The molecule has 1 atom stereocenters. The van der Waals surface area contributed by atoms with Crippen LogP contribution >= 0.6 is 11.8 Å². The van der Waals surface area contributed by atoms with Crippen molar-refractivity contribution >= 4 is 33.3 Å². The Morgan fingerprint density at radius 1 is 1.35 bits per heavy atom. The lowest BCUT2D eigenvalue weighted by Crippen LogP contribution is -2.37. The van der Waals surface area contributed by atoms with Crippen LogP contribution in [0.15, 0.2) is 33.6 Å². The van der Waals surface area contributed by atoms with E-state index in [0.29, 0.717) is 5.84 Å². The number of benzene rings is 1. The van der Waals surface area contributed by atoms with Crippen molar-refractivity contribution in [3.05, 3.63) is 24.3 Å². The van der Waals surface area contributed by atoms with E-state index >= 15 is 0 Å². The van der Waals surface area contributed by atoms with E-state index in [1.165, 1.54) is 0 Å². The molecule has 0 spiro atoms. The van der Waals surface area contributed by atoms with Crippen molar-refractivity contribution in [1.29, 1.82) is 0 Å². The van der Waals surface area contributed by atoms with Gasteiger partial charge in [0.15, 0.2) is 0 Å². The summed E-state index contributed by atoms with van der Waals surface area (Å²) in [7, 11) is -1.51. The predicted molar refractivity (Wildman–Crippen MR) is 72.4 cm³/mol. The van der Waals surface area contributed by atoms with Gasteiger partial charge in [-0.05, 0) is 19.1 Å². The van der Waals surface area contributed by atoms with E-state index in [1.54, 1.807) is 11.8 Å². The van der Waals surface area contributed by atoms with Gasteiger partial charge in [0.05, 0.1) is 17.2 Å². The van der Waals surface area contributed by atoms with Crippen molar-refractivity contribution in [2.45, 2.75) is 17.1 Å². The number of anilines is 1. The van der Waals surface area contributed by atoms with Crippen LogP contribution in [0.3, 0.4) is 0 Å². The Hall–Kier alpha value is -1.01. The molecule has 1 aliphatic rings. The second-order valence-electron chi connectivity index (χ2n) is 3.97. The van der Waals surface area contributed by atoms with E-state index in [9.17, 15) is 8.42 Å². The molecule has 1 unspecified atom stereocenters. The fourth-order valence-corrected chi connectivity index (χ4v) is 3.65. The summed E-state index contributed by atoms with van der Waals surface area (Å²) in [6, 6.07) is 7.91. The molecule has 4 nitrogen and oxygen atoms in total. The van der Waals surface area contributed by atoms with Crippen LogP contribution in [0.5, 0.6) is 0 Å². The van der Waals surface area contributed by atoms with Gasteiger partial charge < -0.3 is 4.90 Å². The van der Waals surface area contributed by atoms with Crippen molar-refractivity contribution in [3.63, 3.8) is 0 Å². The van der Waals surface area contributed by atoms with Crippen molar-refractivity contribution < 1.29 is 8.42 Å². The molecule has 0 N–H and O–H groups in total. The van der Waals surface area contributed by atoms with Crippen molar-refractivity contribution in [1.82, 2.24) is 0 Å². The average Bonchev–Trinajstić information content (AvgIpc) is 2.23. The second kappa shape index (κ2) is 4.34. The van der Waals surface area contributed by atoms with Gasteiger partial charge in [0, 0.05) is 11.9 Å². The first-order chi connectivity index (χ1) is 7.88. The quantitative estimate of drug-likeness (QED) is 0.783. The van der Waals surface area contributed by atoms with Crippen LogP contribution in [0, 0.1) is 0 Å². The monoisotopic (exact) mass is 270 g/mol. The third kappa shape index (κ3) is 2.63. The number of fused-ring (bicyclic) bond motifs is 1. The first-order valence-corrected chi connectivity index (χ1v) is 7.90. The van der Waals surface area contributed by atoms with Gasteiger partial charge in [-0.15, -0.1) is 16.2 Å². The zero-order valence-corrected chi connectivity index (χ0v) is 11.5. The van der Waals surface area contributed by atoms with Gasteiger partial charge in [-0.25, -0.2) is 8.42 Å². The lowest BCUT2D eigenvalue weighted by Gasteiger charge is -2.32. The predicted octanol–water partition coefficient (Wildman–Crippen LogP) is 1.98. The Labute approximate surface area is 106 Å². The summed E-state index contributed by atoms with van der Waals surface area (Å²) >= 11 is 1.63. The Morgan fingerprint density at radius 3 is 2.65 bits per heavy atom. The minimum absolute atomic E-state index is 0.0321. The molecule has 92 valence electrons. The number of hydrogen-bond donors (Lipinski definition) is 0. The molecule has 0 saturated heterocycles. The maximum Gasteiger partial charge on any atom is 0.251 e. The first-order valence-electron chi connectivity index (χ1n) is 5.18. The Morgan fingerprint density at radius 2 is 2.00 bits per heavy atom. The Kier molecular flexibility index (Phi) is 3.18. The minimum atomic E-state index is -3.36. The molecule has 17 heavy (non-hydrogen) atoms. The summed E-state index contributed by atoms with van der Waals surface area (Å²) < 4.78 is 26.4. The highest BCUT2D eigenvalue weighted by Gasteiger charge is 2.27. The van der Waals surface area contributed by atoms with Crippen molar-refractivity contribution in [2.24, 2.45) is 4.40 Å². The molecule has 0 fully saturated rings. The molecule has 0 saturated carbocycles. The third-order valence-electron chi connectivity index (χ3n) is 2.50. The summed E-state index contributed by atoms with van der Waals surface area (Å²) in [6.45, 7) is 1.96. The SMILES string of the molecule is CC1Sc2ccccc2N(C)/C1=N\S(C)(=O)=O. The molecule has 0 radical (unpaired) electrons. The summed E-state index contributed by atoms with van der Waals surface area (Å²) in [6.07, 6.45) is 1.12. The maximum absolute atomic E-state index is 11.3. The third-order valence-corrected chi connectivity index (χ3v) is 4.18. The normalized spacial score (nSPS) is 22.6. The van der Waals surface area contributed by atoms with Crippen LogP contribution < -0.4 is 4.90 Å². The minimum Gasteiger partial charge on any atom is -0.330 e. The molecule has 2 rings (SSSR count). The molecule has 1 aromatic rings. The lowest BCUT2D eigenvalue weighted by molar-refractivity contribution is 0.603. The fraction of sp³-hybridized carbons (Fsp3) is 0.364. The van der Waals surface area contributed by atoms with Crippen LogP contribution in [0.4, 0.5) is 5.69 Å². The molecule has 0 aliphatic carbocycles. The standard InChI is InChI=1S/C11H14N2O2S2/c1-8-11(12-17(3,14)15)13(2)9-6-4-5-7-10(9)16-8/h4-8H,1-3H3/b12-11-. The number of sulfonamides is 1. The van der Waals surface area contributed by atoms with Crippen LogP contribution in [0.25, 0.3) is 0 Å². The van der Waals surface area contributed by atoms with Gasteiger partial charge in [0.25, 0.3) is 10.0 Å². The van der Waals surface area contributed by atoms with Gasteiger partial charge >= 0.3 is 0 Å². The van der Waals surface area contributed by atoms with E-state index in [2.05, 4.69) is 4.40 Å². The highest BCUT2D eigenvalue weighted by atomic mass is 32.2. The number of thioether (sulfide) groups is 1. The highest BCUT2D eigenvalue weighted by molar-refractivity contribution is 8.01. The first kappa shape index (κ1) is 12.4. The van der Waals surface area contributed by atoms with E-state index < -0.39 is 10.0 Å². The largest absolute Gasteiger partial charge is 0.330 e. The van der Waals surface area contributed by atoms with E-state index in [4.69, 9.17) is 0 Å². The van der Waals surface area contributed by atoms with Gasteiger partial charge in [0.1, 0.15) is 5.84 Å². The topological polar surface area (TPSA) is 49.7 Å². The molecule has 0 bridgehead atoms. The summed E-state index contributed by atoms with van der Waals surface area (Å²) in [5.74, 6) is 0.580. The van der Waals surface area contributed by atoms with E-state index in [1.807, 2.05) is 43.1 Å². The molecule has 1 heterocycles. The highest BCUT2D eigenvalue weighted by Crippen LogP contribution is 2.38. The van der Waals surface area contributed by atoms with Crippen LogP contribution in [-0.4, -0.2) is 32.8 Å². The second-order valence-corrected chi connectivity index (χ2v) is 7.00. The van der Waals surface area contributed by atoms with E-state index in [0.717, 1.165) is 16.8 Å². The van der Waals surface area contributed by atoms with Crippen LogP contribution in [0.2, 0.25) is 0 Å². The Bertz CT molecular complexity index is 567.